The van der Waals surface area contributed by atoms with E-state index in [0.717, 1.165) is 24.0 Å². The summed E-state index contributed by atoms with van der Waals surface area (Å²) in [4.78, 5) is 13.7. The highest BCUT2D eigenvalue weighted by Crippen LogP contribution is 2.16. The molecule has 2 rings (SSSR count). The van der Waals surface area contributed by atoms with E-state index in [9.17, 15) is 14.3 Å². The van der Waals surface area contributed by atoms with Crippen LogP contribution in [0.5, 0.6) is 0 Å². The summed E-state index contributed by atoms with van der Waals surface area (Å²) in [7, 11) is 0. The van der Waals surface area contributed by atoms with Gasteiger partial charge in [0.05, 0.1) is 12.6 Å². The van der Waals surface area contributed by atoms with E-state index in [1.54, 1.807) is 11.0 Å². The number of benzene rings is 1. The van der Waals surface area contributed by atoms with E-state index < -0.39 is 0 Å². The molecule has 0 aliphatic carbocycles. The number of carbonyl (C=O) groups is 1. The van der Waals surface area contributed by atoms with Crippen LogP contribution in [0.15, 0.2) is 18.2 Å². The molecule has 1 heterocycles. The Hall–Kier alpha value is -1.62. The van der Waals surface area contributed by atoms with Crippen LogP contribution in [0.4, 0.5) is 9.18 Å². The number of rotatable bonds is 4. The lowest BCUT2D eigenvalue weighted by Crippen LogP contribution is -2.44. The van der Waals surface area contributed by atoms with E-state index in [1.807, 2.05) is 6.92 Å². The molecule has 1 aliphatic heterocycles. The summed E-state index contributed by atoms with van der Waals surface area (Å²) in [6.45, 7) is 3.10. The van der Waals surface area contributed by atoms with Crippen LogP contribution in [0, 0.1) is 12.7 Å². The summed E-state index contributed by atoms with van der Waals surface area (Å²) < 4.78 is 13.0. The highest BCUT2D eigenvalue weighted by atomic mass is 19.1. The van der Waals surface area contributed by atoms with Crippen LogP contribution < -0.4 is 5.32 Å². The number of nitrogens with zero attached hydrogens (tertiary/aromatic N) is 1. The van der Waals surface area contributed by atoms with Crippen molar-refractivity contribution in [2.75, 3.05) is 19.7 Å². The molecule has 5 heteroatoms. The molecule has 1 aliphatic rings. The number of hydrogen-bond donors (Lipinski definition) is 2. The number of nitrogens with one attached hydrogen (secondary N) is 1. The lowest BCUT2D eigenvalue weighted by molar-refractivity contribution is 0.157. The van der Waals surface area contributed by atoms with Gasteiger partial charge in [0.2, 0.25) is 0 Å². The maximum absolute atomic E-state index is 13.0. The zero-order valence-electron chi connectivity index (χ0n) is 11.7. The largest absolute Gasteiger partial charge is 0.394 e. The summed E-state index contributed by atoms with van der Waals surface area (Å²) in [6, 6.07) is 4.51. The number of hydrogen-bond acceptors (Lipinski definition) is 2. The number of aryl methyl sites for hydroxylation is 1. The fourth-order valence-electron chi connectivity index (χ4n) is 2.64. The van der Waals surface area contributed by atoms with Crippen LogP contribution in [0.1, 0.15) is 24.0 Å². The smallest absolute Gasteiger partial charge is 0.317 e. The average Bonchev–Trinajstić information content (AvgIpc) is 2.89. The molecule has 4 nitrogen and oxygen atoms in total. The monoisotopic (exact) mass is 280 g/mol. The first-order chi connectivity index (χ1) is 9.61. The second kappa shape index (κ2) is 6.70. The van der Waals surface area contributed by atoms with Gasteiger partial charge in [0, 0.05) is 13.1 Å². The number of urea groups is 1. The van der Waals surface area contributed by atoms with Crippen molar-refractivity contribution in [1.29, 1.82) is 0 Å². The van der Waals surface area contributed by atoms with Crippen LogP contribution in [0.3, 0.4) is 0 Å². The van der Waals surface area contributed by atoms with Gasteiger partial charge in [0.1, 0.15) is 5.82 Å². The first kappa shape index (κ1) is 14.8. The Balaban J connectivity index is 1.82. The van der Waals surface area contributed by atoms with Crippen molar-refractivity contribution in [2.24, 2.45) is 0 Å². The number of carbonyl (C=O) groups excluding carboxylic acids is 1. The average molecular weight is 280 g/mol. The lowest BCUT2D eigenvalue weighted by Gasteiger charge is -2.23. The predicted molar refractivity (Wildman–Crippen MR) is 75.1 cm³/mol. The molecular weight excluding hydrogens is 259 g/mol. The van der Waals surface area contributed by atoms with E-state index in [0.29, 0.717) is 19.5 Å². The lowest BCUT2D eigenvalue weighted by atomic mass is 10.1. The van der Waals surface area contributed by atoms with Crippen molar-refractivity contribution in [3.63, 3.8) is 0 Å². The fraction of sp³-hybridized carbons (Fsp3) is 0.533. The molecule has 0 aromatic heterocycles. The number of halogens is 1. The van der Waals surface area contributed by atoms with Gasteiger partial charge in [-0.3, -0.25) is 0 Å². The molecule has 0 spiro atoms. The van der Waals surface area contributed by atoms with E-state index >= 15 is 0 Å². The summed E-state index contributed by atoms with van der Waals surface area (Å²) >= 11 is 0. The zero-order valence-corrected chi connectivity index (χ0v) is 11.7. The molecule has 0 radical (unpaired) electrons. The van der Waals surface area contributed by atoms with E-state index in [-0.39, 0.29) is 24.5 Å². The molecule has 0 bridgehead atoms. The Bertz CT molecular complexity index is 479. The van der Waals surface area contributed by atoms with Crippen LogP contribution >= 0.6 is 0 Å². The first-order valence-corrected chi connectivity index (χ1v) is 7.02. The minimum absolute atomic E-state index is 0.0183. The standard InChI is InChI=1S/C15H21FN2O2/c1-11-9-13(16)5-4-12(11)6-7-17-15(20)18-8-2-3-14(18)10-19/h4-5,9,14,19H,2-3,6-8,10H2,1H3,(H,17,20)/t14-/m0/s1. The van der Waals surface area contributed by atoms with Gasteiger partial charge in [-0.25, -0.2) is 9.18 Å². The van der Waals surface area contributed by atoms with Gasteiger partial charge in [-0.1, -0.05) is 6.07 Å². The molecule has 1 aromatic carbocycles. The Kier molecular flexibility index (Phi) is 4.95. The van der Waals surface area contributed by atoms with E-state index in [1.165, 1.54) is 12.1 Å². The Morgan fingerprint density at radius 3 is 3.05 bits per heavy atom. The summed E-state index contributed by atoms with van der Waals surface area (Å²) in [6.07, 6.45) is 2.48. The number of aliphatic hydroxyl groups is 1. The van der Waals surface area contributed by atoms with Gasteiger partial charge in [-0.15, -0.1) is 0 Å². The predicted octanol–water partition coefficient (Wildman–Crippen LogP) is 1.84. The van der Waals surface area contributed by atoms with Crippen molar-refractivity contribution in [3.8, 4) is 0 Å². The van der Waals surface area contributed by atoms with E-state index in [4.69, 9.17) is 0 Å². The molecule has 2 N–H and O–H groups in total. The van der Waals surface area contributed by atoms with Gasteiger partial charge in [-0.2, -0.15) is 0 Å². The number of likely N-dealkylation sites (tertiary alicyclic amines) is 1. The van der Waals surface area contributed by atoms with E-state index in [2.05, 4.69) is 5.32 Å². The van der Waals surface area contributed by atoms with Crippen LogP contribution in [0.25, 0.3) is 0 Å². The molecule has 2 amide bonds. The second-order valence-electron chi connectivity index (χ2n) is 5.22. The van der Waals surface area contributed by atoms with Crippen LogP contribution in [-0.4, -0.2) is 41.8 Å². The maximum Gasteiger partial charge on any atom is 0.317 e. The summed E-state index contributed by atoms with van der Waals surface area (Å²) in [5.74, 6) is -0.238. The number of amides is 2. The molecule has 110 valence electrons. The first-order valence-electron chi connectivity index (χ1n) is 7.02. The van der Waals surface area contributed by atoms with Gasteiger partial charge < -0.3 is 15.3 Å². The molecule has 1 saturated heterocycles. The summed E-state index contributed by atoms with van der Waals surface area (Å²) in [5.41, 5.74) is 1.93. The highest BCUT2D eigenvalue weighted by Gasteiger charge is 2.27. The topological polar surface area (TPSA) is 52.6 Å². The van der Waals surface area contributed by atoms with Crippen LogP contribution in [0.2, 0.25) is 0 Å². The third kappa shape index (κ3) is 3.48. The third-order valence-corrected chi connectivity index (χ3v) is 3.82. The molecule has 1 fully saturated rings. The third-order valence-electron chi connectivity index (χ3n) is 3.82. The minimum Gasteiger partial charge on any atom is -0.394 e. The highest BCUT2D eigenvalue weighted by molar-refractivity contribution is 5.74. The normalized spacial score (nSPS) is 18.4. The second-order valence-corrected chi connectivity index (χ2v) is 5.22. The maximum atomic E-state index is 13.0. The Labute approximate surface area is 118 Å². The molecule has 0 saturated carbocycles. The molecule has 20 heavy (non-hydrogen) atoms. The van der Waals surface area contributed by atoms with Gasteiger partial charge >= 0.3 is 6.03 Å². The van der Waals surface area contributed by atoms with Crippen molar-refractivity contribution >= 4 is 6.03 Å². The van der Waals surface area contributed by atoms with Crippen molar-refractivity contribution < 1.29 is 14.3 Å². The van der Waals surface area contributed by atoms with Crippen LogP contribution in [-0.2, 0) is 6.42 Å². The van der Waals surface area contributed by atoms with Crippen molar-refractivity contribution in [2.45, 2.75) is 32.2 Å². The zero-order chi connectivity index (χ0) is 14.5. The molecule has 0 unspecified atom stereocenters. The van der Waals surface area contributed by atoms with Gasteiger partial charge in [-0.05, 0) is 49.4 Å². The quantitative estimate of drug-likeness (QED) is 0.884. The van der Waals surface area contributed by atoms with Gasteiger partial charge in [0.25, 0.3) is 0 Å². The SMILES string of the molecule is Cc1cc(F)ccc1CCNC(=O)N1CCC[C@H]1CO. The molecule has 1 aromatic rings. The Morgan fingerprint density at radius 2 is 2.35 bits per heavy atom. The molecule has 1 atom stereocenters. The van der Waals surface area contributed by atoms with Crippen molar-refractivity contribution in [1.82, 2.24) is 10.2 Å². The fourth-order valence-corrected chi connectivity index (χ4v) is 2.64. The molecular formula is C15H21FN2O2. The van der Waals surface area contributed by atoms with Gasteiger partial charge in [0.15, 0.2) is 0 Å². The van der Waals surface area contributed by atoms with Crippen molar-refractivity contribution in [3.05, 3.63) is 35.1 Å². The Morgan fingerprint density at radius 1 is 1.55 bits per heavy atom. The summed E-state index contributed by atoms with van der Waals surface area (Å²) in [5, 5.41) is 12.1. The number of aliphatic hydroxyl groups excluding tert-OH is 1. The minimum atomic E-state index is -0.238.